The average Bonchev–Trinajstić information content (AvgIpc) is 3.41. The van der Waals surface area contributed by atoms with Crippen molar-refractivity contribution in [2.75, 3.05) is 25.5 Å². The number of hydrogen-bond acceptors (Lipinski definition) is 6. The number of likely N-dealkylation sites (tertiary alicyclic amines) is 1. The van der Waals surface area contributed by atoms with Gasteiger partial charge in [-0.1, -0.05) is 5.16 Å². The van der Waals surface area contributed by atoms with Gasteiger partial charge in [-0.05, 0) is 26.7 Å². The summed E-state index contributed by atoms with van der Waals surface area (Å²) in [6, 6.07) is 0.588. The largest absolute Gasteiger partial charge is 0.401 e. The Morgan fingerprint density at radius 1 is 1.29 bits per heavy atom. The Balaban J connectivity index is 1.13. The minimum Gasteiger partial charge on any atom is -0.358 e. The Labute approximate surface area is 196 Å². The van der Waals surface area contributed by atoms with E-state index in [2.05, 4.69) is 15.6 Å². The van der Waals surface area contributed by atoms with E-state index in [1.165, 1.54) is 16.2 Å². The van der Waals surface area contributed by atoms with E-state index >= 15 is 0 Å². The number of halogens is 3. The Morgan fingerprint density at radius 2 is 2.00 bits per heavy atom. The smallest absolute Gasteiger partial charge is 0.358 e. The molecule has 3 amide bonds. The minimum absolute atomic E-state index is 0.00557. The van der Waals surface area contributed by atoms with Crippen LogP contribution in [0, 0.1) is 5.41 Å². The summed E-state index contributed by atoms with van der Waals surface area (Å²) in [5, 5.41) is 12.1. The fourth-order valence-electron chi connectivity index (χ4n) is 4.56. The lowest BCUT2D eigenvalue weighted by Gasteiger charge is -2.60. The van der Waals surface area contributed by atoms with Crippen molar-refractivity contribution in [2.45, 2.75) is 44.3 Å². The van der Waals surface area contributed by atoms with Gasteiger partial charge in [-0.15, -0.1) is 11.3 Å². The van der Waals surface area contributed by atoms with Gasteiger partial charge in [-0.2, -0.15) is 18.3 Å². The monoisotopic (exact) mass is 496 g/mol. The minimum atomic E-state index is -4.52. The molecular weight excluding hydrogens is 473 g/mol. The van der Waals surface area contributed by atoms with E-state index in [1.807, 2.05) is 11.6 Å². The van der Waals surface area contributed by atoms with Crippen LogP contribution in [0.25, 0.3) is 4.83 Å². The van der Waals surface area contributed by atoms with Crippen LogP contribution in [0.15, 0.2) is 28.4 Å². The van der Waals surface area contributed by atoms with Crippen LogP contribution in [-0.4, -0.2) is 68.9 Å². The fourth-order valence-corrected chi connectivity index (χ4v) is 5.34. The lowest BCUT2D eigenvalue weighted by atomic mass is 9.60. The van der Waals surface area contributed by atoms with Crippen LogP contribution in [0.4, 0.5) is 23.8 Å². The molecule has 5 rings (SSSR count). The average molecular weight is 497 g/mol. The van der Waals surface area contributed by atoms with Crippen molar-refractivity contribution in [1.29, 1.82) is 0 Å². The van der Waals surface area contributed by atoms with Gasteiger partial charge in [0.1, 0.15) is 10.2 Å². The number of aromatic nitrogens is 3. The second kappa shape index (κ2) is 7.45. The van der Waals surface area contributed by atoms with E-state index in [9.17, 15) is 22.8 Å². The number of urea groups is 1. The maximum Gasteiger partial charge on any atom is 0.401 e. The Morgan fingerprint density at radius 3 is 2.68 bits per heavy atom. The summed E-state index contributed by atoms with van der Waals surface area (Å²) in [6.45, 7) is 3.23. The van der Waals surface area contributed by atoms with Crippen LogP contribution in [0.2, 0.25) is 0 Å². The summed E-state index contributed by atoms with van der Waals surface area (Å²) in [5.74, 6) is -0.487. The Kier molecular flexibility index (Phi) is 4.97. The lowest BCUT2D eigenvalue weighted by molar-refractivity contribution is -0.185. The van der Waals surface area contributed by atoms with Crippen LogP contribution >= 0.6 is 11.3 Å². The van der Waals surface area contributed by atoms with E-state index < -0.39 is 17.6 Å². The first-order valence-electron chi connectivity index (χ1n) is 10.7. The molecule has 1 saturated carbocycles. The number of amides is 3. The van der Waals surface area contributed by atoms with Gasteiger partial charge in [0.2, 0.25) is 0 Å². The highest BCUT2D eigenvalue weighted by Gasteiger charge is 2.55. The first kappa shape index (κ1) is 22.7. The topological polar surface area (TPSA) is 96.0 Å². The fraction of sp³-hybridized carbons (Fsp3) is 0.524. The highest BCUT2D eigenvalue weighted by atomic mass is 32.1. The molecule has 1 aliphatic heterocycles. The molecule has 2 fully saturated rings. The molecule has 0 radical (unpaired) electrons. The predicted octanol–water partition coefficient (Wildman–Crippen LogP) is 3.99. The van der Waals surface area contributed by atoms with Crippen LogP contribution in [-0.2, 0) is 5.41 Å². The maximum atomic E-state index is 13.2. The van der Waals surface area contributed by atoms with Crippen molar-refractivity contribution in [1.82, 2.24) is 24.6 Å². The summed E-state index contributed by atoms with van der Waals surface area (Å²) in [5.41, 5.74) is -1.64. The normalized spacial score (nSPS) is 18.1. The molecule has 0 atom stereocenters. The number of carbonyl (C=O) groups is 2. The lowest BCUT2D eigenvalue weighted by Crippen LogP contribution is -2.67. The number of thiazole rings is 1. The highest BCUT2D eigenvalue weighted by Crippen LogP contribution is 2.50. The third kappa shape index (κ3) is 3.53. The number of rotatable bonds is 4. The number of hydrogen-bond donors (Lipinski definition) is 1. The standard InChI is InChI=1S/C21H23F3N6O3S/c1-19(2,21(22,23)24)14-6-15(27-33-14)26-18(32)28(3)12-7-20(8-12)10-29(11-20)16(31)13-9-25-30-4-5-34-17(13)30/h4-6,9,12H,7-8,10-11H2,1-3H3,(H,26,27,32). The molecule has 3 aromatic heterocycles. The second-order valence-corrected chi connectivity index (χ2v) is 10.6. The van der Waals surface area contributed by atoms with E-state index in [0.717, 1.165) is 37.6 Å². The zero-order valence-corrected chi connectivity index (χ0v) is 19.5. The zero-order valence-electron chi connectivity index (χ0n) is 18.7. The predicted molar refractivity (Wildman–Crippen MR) is 117 cm³/mol. The SMILES string of the molecule is CN(C(=O)Nc1cc(C(C)(C)C(F)(F)F)on1)C1CC2(C1)CN(C(=O)c1cnn3ccsc13)C2. The summed E-state index contributed by atoms with van der Waals surface area (Å²) >= 11 is 1.47. The van der Waals surface area contributed by atoms with Gasteiger partial charge in [-0.3, -0.25) is 10.1 Å². The van der Waals surface area contributed by atoms with Crippen molar-refractivity contribution >= 4 is 33.9 Å². The van der Waals surface area contributed by atoms with Crippen LogP contribution in [0.1, 0.15) is 42.8 Å². The molecule has 1 saturated heterocycles. The van der Waals surface area contributed by atoms with Crippen molar-refractivity contribution in [3.63, 3.8) is 0 Å². The molecule has 1 N–H and O–H groups in total. The van der Waals surface area contributed by atoms with Crippen molar-refractivity contribution in [3.05, 3.63) is 35.2 Å². The molecule has 4 heterocycles. The number of anilines is 1. The third-order valence-electron chi connectivity index (χ3n) is 6.98. The van der Waals surface area contributed by atoms with Gasteiger partial charge in [0.05, 0.1) is 11.8 Å². The van der Waals surface area contributed by atoms with Crippen LogP contribution in [0.5, 0.6) is 0 Å². The van der Waals surface area contributed by atoms with Gasteiger partial charge >= 0.3 is 12.2 Å². The first-order chi connectivity index (χ1) is 15.9. The molecule has 0 bridgehead atoms. The number of nitrogens with zero attached hydrogens (tertiary/aromatic N) is 5. The van der Waals surface area contributed by atoms with Crippen LogP contribution in [0.3, 0.4) is 0 Å². The van der Waals surface area contributed by atoms with Crippen molar-refractivity contribution < 1.29 is 27.3 Å². The number of nitrogens with one attached hydrogen (secondary N) is 1. The van der Waals surface area contributed by atoms with E-state index in [1.54, 1.807) is 22.7 Å². The molecule has 182 valence electrons. The number of carbonyl (C=O) groups excluding carboxylic acids is 2. The molecular formula is C21H23F3N6O3S. The molecule has 0 unspecified atom stereocenters. The second-order valence-electron chi connectivity index (χ2n) is 9.67. The van der Waals surface area contributed by atoms with Gasteiger partial charge in [0.25, 0.3) is 5.91 Å². The van der Waals surface area contributed by atoms with Crippen LogP contribution < -0.4 is 5.32 Å². The van der Waals surface area contributed by atoms with E-state index in [0.29, 0.717) is 18.7 Å². The molecule has 1 spiro atoms. The quantitative estimate of drug-likeness (QED) is 0.589. The number of fused-ring (bicyclic) bond motifs is 1. The molecule has 3 aromatic rings. The molecule has 0 aromatic carbocycles. The maximum absolute atomic E-state index is 13.2. The van der Waals surface area contributed by atoms with E-state index in [-0.39, 0.29) is 28.9 Å². The van der Waals surface area contributed by atoms with Gasteiger partial charge in [-0.25, -0.2) is 9.31 Å². The summed E-state index contributed by atoms with van der Waals surface area (Å²) in [6.07, 6.45) is 0.369. The third-order valence-corrected chi connectivity index (χ3v) is 7.86. The zero-order chi connectivity index (χ0) is 24.5. The number of alkyl halides is 3. The van der Waals surface area contributed by atoms with E-state index in [4.69, 9.17) is 4.52 Å². The van der Waals surface area contributed by atoms with Crippen molar-refractivity contribution in [3.8, 4) is 0 Å². The van der Waals surface area contributed by atoms with Gasteiger partial charge in [0, 0.05) is 49.2 Å². The molecule has 13 heteroatoms. The molecule has 34 heavy (non-hydrogen) atoms. The molecule has 1 aliphatic carbocycles. The summed E-state index contributed by atoms with van der Waals surface area (Å²) in [4.78, 5) is 29.5. The summed E-state index contributed by atoms with van der Waals surface area (Å²) in [7, 11) is 1.63. The molecule has 2 aliphatic rings. The Bertz CT molecular complexity index is 1250. The van der Waals surface area contributed by atoms with Gasteiger partial charge < -0.3 is 14.3 Å². The van der Waals surface area contributed by atoms with Gasteiger partial charge in [0.15, 0.2) is 11.6 Å². The molecule has 9 nitrogen and oxygen atoms in total. The summed E-state index contributed by atoms with van der Waals surface area (Å²) < 4.78 is 46.1. The van der Waals surface area contributed by atoms with Crippen molar-refractivity contribution in [2.24, 2.45) is 5.41 Å². The highest BCUT2D eigenvalue weighted by molar-refractivity contribution is 7.15. The Hall–Kier alpha value is -3.09. The first-order valence-corrected chi connectivity index (χ1v) is 11.6.